The Hall–Kier alpha value is -0.590. The molecule has 13 heavy (non-hydrogen) atoms. The summed E-state index contributed by atoms with van der Waals surface area (Å²) in [7, 11) is 0. The van der Waals surface area contributed by atoms with Crippen LogP contribution in [0.15, 0.2) is 12.2 Å². The van der Waals surface area contributed by atoms with Crippen molar-refractivity contribution in [2.24, 2.45) is 5.92 Å². The van der Waals surface area contributed by atoms with E-state index in [1.54, 1.807) is 6.92 Å². The van der Waals surface area contributed by atoms with Crippen LogP contribution >= 0.6 is 0 Å². The average molecular weight is 182 g/mol. The van der Waals surface area contributed by atoms with Gasteiger partial charge in [0.15, 0.2) is 0 Å². The highest BCUT2D eigenvalue weighted by molar-refractivity contribution is 5.76. The predicted octanol–water partition coefficient (Wildman–Crippen LogP) is 3.74. The van der Waals surface area contributed by atoms with Gasteiger partial charge in [-0.2, -0.15) is 0 Å². The normalized spacial score (nSPS) is 13.5. The molecule has 0 rings (SSSR count). The third kappa shape index (κ3) is 9.32. The molecule has 0 radical (unpaired) electrons. The molecule has 76 valence electrons. The molecule has 0 aromatic carbocycles. The molecule has 0 fully saturated rings. The van der Waals surface area contributed by atoms with Gasteiger partial charge in [-0.05, 0) is 19.3 Å². The number of rotatable bonds is 7. The maximum atomic E-state index is 10.6. The highest BCUT2D eigenvalue weighted by atomic mass is 16.1. The van der Waals surface area contributed by atoms with Crippen molar-refractivity contribution in [3.63, 3.8) is 0 Å². The lowest BCUT2D eigenvalue weighted by Gasteiger charge is -2.04. The van der Waals surface area contributed by atoms with Gasteiger partial charge in [0, 0.05) is 6.42 Å². The molecule has 1 unspecified atom stereocenters. The molecule has 0 aromatic rings. The lowest BCUT2D eigenvalue weighted by atomic mass is 10.0. The van der Waals surface area contributed by atoms with Crippen molar-refractivity contribution in [2.45, 2.75) is 52.9 Å². The summed E-state index contributed by atoms with van der Waals surface area (Å²) in [4.78, 5) is 10.6. The van der Waals surface area contributed by atoms with Crippen molar-refractivity contribution in [2.75, 3.05) is 0 Å². The number of carbonyl (C=O) groups excluding carboxylic acids is 1. The standard InChI is InChI=1S/C12H22O/c1-4-5-6-8-11(2)9-7-10-12(3)13/h7,9,11H,4-6,8,10H2,1-3H3/b9-7+. The molecule has 1 heteroatoms. The van der Waals surface area contributed by atoms with Crippen LogP contribution in [-0.2, 0) is 4.79 Å². The number of allylic oxidation sites excluding steroid dienone is 2. The Morgan fingerprint density at radius 2 is 2.08 bits per heavy atom. The van der Waals surface area contributed by atoms with Gasteiger partial charge in [0.25, 0.3) is 0 Å². The number of hydrogen-bond acceptors (Lipinski definition) is 1. The molecule has 0 aliphatic carbocycles. The highest BCUT2D eigenvalue weighted by Gasteiger charge is 1.96. The van der Waals surface area contributed by atoms with Gasteiger partial charge >= 0.3 is 0 Å². The first-order valence-electron chi connectivity index (χ1n) is 5.33. The molecule has 0 heterocycles. The Labute approximate surface area is 82.2 Å². The molecule has 0 N–H and O–H groups in total. The third-order valence-electron chi connectivity index (χ3n) is 2.13. The first-order chi connectivity index (χ1) is 6.16. The van der Waals surface area contributed by atoms with Crippen LogP contribution in [0.4, 0.5) is 0 Å². The van der Waals surface area contributed by atoms with E-state index in [2.05, 4.69) is 19.9 Å². The van der Waals surface area contributed by atoms with Gasteiger partial charge in [0.1, 0.15) is 5.78 Å². The minimum Gasteiger partial charge on any atom is -0.300 e. The Kier molecular flexibility index (Phi) is 7.66. The van der Waals surface area contributed by atoms with E-state index in [1.165, 1.54) is 25.7 Å². The van der Waals surface area contributed by atoms with Crippen LogP contribution in [0.2, 0.25) is 0 Å². The second kappa shape index (κ2) is 8.03. The second-order valence-corrected chi connectivity index (χ2v) is 3.81. The van der Waals surface area contributed by atoms with E-state index in [9.17, 15) is 4.79 Å². The predicted molar refractivity (Wildman–Crippen MR) is 57.7 cm³/mol. The first kappa shape index (κ1) is 12.4. The summed E-state index contributed by atoms with van der Waals surface area (Å²) in [5, 5.41) is 0. The van der Waals surface area contributed by atoms with E-state index in [1.807, 2.05) is 6.08 Å². The smallest absolute Gasteiger partial charge is 0.133 e. The zero-order chi connectivity index (χ0) is 10.1. The van der Waals surface area contributed by atoms with Crippen LogP contribution in [-0.4, -0.2) is 5.78 Å². The van der Waals surface area contributed by atoms with E-state index < -0.39 is 0 Å². The topological polar surface area (TPSA) is 17.1 Å². The van der Waals surface area contributed by atoms with E-state index >= 15 is 0 Å². The third-order valence-corrected chi connectivity index (χ3v) is 2.13. The summed E-state index contributed by atoms with van der Waals surface area (Å²) in [5.74, 6) is 0.878. The summed E-state index contributed by atoms with van der Waals surface area (Å²) in [6.45, 7) is 6.06. The minimum absolute atomic E-state index is 0.247. The molecule has 0 bridgehead atoms. The molecule has 0 amide bonds. The zero-order valence-electron chi connectivity index (χ0n) is 9.18. The summed E-state index contributed by atoms with van der Waals surface area (Å²) >= 11 is 0. The molecule has 1 nitrogen and oxygen atoms in total. The molecule has 1 atom stereocenters. The van der Waals surface area contributed by atoms with Crippen LogP contribution in [0.5, 0.6) is 0 Å². The monoisotopic (exact) mass is 182 g/mol. The number of hydrogen-bond donors (Lipinski definition) is 0. The number of carbonyl (C=O) groups is 1. The maximum absolute atomic E-state index is 10.6. The van der Waals surface area contributed by atoms with Crippen LogP contribution in [0.3, 0.4) is 0 Å². The maximum Gasteiger partial charge on any atom is 0.133 e. The van der Waals surface area contributed by atoms with Crippen molar-refractivity contribution < 1.29 is 4.79 Å². The van der Waals surface area contributed by atoms with Crippen LogP contribution < -0.4 is 0 Å². The molecular weight excluding hydrogens is 160 g/mol. The summed E-state index contributed by atoms with van der Waals surface area (Å²) in [5.41, 5.74) is 0. The Morgan fingerprint density at radius 1 is 1.38 bits per heavy atom. The lowest BCUT2D eigenvalue weighted by molar-refractivity contribution is -0.116. The van der Waals surface area contributed by atoms with Gasteiger partial charge < -0.3 is 0 Å². The molecule has 0 aliphatic rings. The Balaban J connectivity index is 3.43. The number of unbranched alkanes of at least 4 members (excludes halogenated alkanes) is 2. The van der Waals surface area contributed by atoms with Crippen molar-refractivity contribution in [1.29, 1.82) is 0 Å². The van der Waals surface area contributed by atoms with Gasteiger partial charge in [0.2, 0.25) is 0 Å². The fourth-order valence-corrected chi connectivity index (χ4v) is 1.28. The molecule has 0 saturated heterocycles. The molecule has 0 spiro atoms. The molecule has 0 saturated carbocycles. The molecule has 0 aliphatic heterocycles. The number of Topliss-reactive ketones (excluding diaryl/α,β-unsaturated/α-hetero) is 1. The van der Waals surface area contributed by atoms with Gasteiger partial charge in [-0.15, -0.1) is 0 Å². The fraction of sp³-hybridized carbons (Fsp3) is 0.750. The zero-order valence-corrected chi connectivity index (χ0v) is 9.18. The summed E-state index contributed by atoms with van der Waals surface area (Å²) in [6, 6.07) is 0. The van der Waals surface area contributed by atoms with Crippen molar-refractivity contribution in [1.82, 2.24) is 0 Å². The molecule has 0 aromatic heterocycles. The largest absolute Gasteiger partial charge is 0.300 e. The van der Waals surface area contributed by atoms with Crippen molar-refractivity contribution in [3.05, 3.63) is 12.2 Å². The van der Waals surface area contributed by atoms with E-state index in [-0.39, 0.29) is 5.78 Å². The van der Waals surface area contributed by atoms with Gasteiger partial charge in [-0.1, -0.05) is 45.3 Å². The minimum atomic E-state index is 0.247. The highest BCUT2D eigenvalue weighted by Crippen LogP contribution is 2.10. The van der Waals surface area contributed by atoms with Gasteiger partial charge in [-0.25, -0.2) is 0 Å². The number of ketones is 1. The second-order valence-electron chi connectivity index (χ2n) is 3.81. The Bertz CT molecular complexity index is 159. The van der Waals surface area contributed by atoms with Gasteiger partial charge in [-0.3, -0.25) is 4.79 Å². The SMILES string of the molecule is CCCCCC(C)/C=C/CC(C)=O. The van der Waals surface area contributed by atoms with E-state index in [0.29, 0.717) is 12.3 Å². The van der Waals surface area contributed by atoms with Crippen molar-refractivity contribution >= 4 is 5.78 Å². The molecular formula is C12H22O. The van der Waals surface area contributed by atoms with Crippen LogP contribution in [0, 0.1) is 5.92 Å². The Morgan fingerprint density at radius 3 is 2.62 bits per heavy atom. The van der Waals surface area contributed by atoms with Crippen LogP contribution in [0.1, 0.15) is 52.9 Å². The van der Waals surface area contributed by atoms with E-state index in [4.69, 9.17) is 0 Å². The fourth-order valence-electron chi connectivity index (χ4n) is 1.28. The quantitative estimate of drug-likeness (QED) is 0.433. The lowest BCUT2D eigenvalue weighted by Crippen LogP contribution is -1.91. The summed E-state index contributed by atoms with van der Waals surface area (Å²) in [6.07, 6.45) is 9.92. The van der Waals surface area contributed by atoms with Crippen LogP contribution in [0.25, 0.3) is 0 Å². The summed E-state index contributed by atoms with van der Waals surface area (Å²) < 4.78 is 0. The van der Waals surface area contributed by atoms with Gasteiger partial charge in [0.05, 0.1) is 0 Å². The van der Waals surface area contributed by atoms with E-state index in [0.717, 1.165) is 0 Å². The van der Waals surface area contributed by atoms with Crippen molar-refractivity contribution in [3.8, 4) is 0 Å². The average Bonchev–Trinajstić information content (AvgIpc) is 2.04. The first-order valence-corrected chi connectivity index (χ1v) is 5.33.